The van der Waals surface area contributed by atoms with E-state index in [4.69, 9.17) is 0 Å². The van der Waals surface area contributed by atoms with Gasteiger partial charge in [0.2, 0.25) is 0 Å². The number of aromatic nitrogens is 1. The van der Waals surface area contributed by atoms with Gasteiger partial charge in [0.25, 0.3) is 0 Å². The smallest absolute Gasteiger partial charge is 0.191 e. The van der Waals surface area contributed by atoms with Crippen LogP contribution in [-0.2, 0) is 12.8 Å². The summed E-state index contributed by atoms with van der Waals surface area (Å²) < 4.78 is 1.12. The quantitative estimate of drug-likeness (QED) is 0.316. The topological polar surface area (TPSA) is 52.6 Å². The minimum Gasteiger partial charge on any atom is -0.369 e. The summed E-state index contributed by atoms with van der Waals surface area (Å²) in [7, 11) is 1.83. The van der Waals surface area contributed by atoms with Gasteiger partial charge in [-0.1, -0.05) is 22.9 Å². The SMILES string of the molecule is CCc1nc(CCNC(=NC)NC2CCN(c3ccc(Br)cc3)C2)cs1.I. The highest BCUT2D eigenvalue weighted by Gasteiger charge is 2.23. The first kappa shape index (κ1) is 22.4. The molecule has 148 valence electrons. The summed E-state index contributed by atoms with van der Waals surface area (Å²) in [5.41, 5.74) is 2.44. The number of anilines is 1. The molecule has 8 heteroatoms. The molecule has 1 saturated heterocycles. The maximum absolute atomic E-state index is 4.61. The lowest BCUT2D eigenvalue weighted by molar-refractivity contribution is 0.647. The standard InChI is InChI=1S/C19H26BrN5S.HI/c1-3-18-23-16(13-26-18)8-10-22-19(21-2)24-15-9-11-25(12-15)17-6-4-14(20)5-7-17;/h4-7,13,15H,3,8-12H2,1-2H3,(H2,21,22,24);1H. The summed E-state index contributed by atoms with van der Waals surface area (Å²) in [6.45, 7) is 5.05. The Kier molecular flexibility index (Phi) is 9.31. The lowest BCUT2D eigenvalue weighted by Gasteiger charge is -2.20. The summed E-state index contributed by atoms with van der Waals surface area (Å²) in [5.74, 6) is 0.874. The molecule has 0 spiro atoms. The Labute approximate surface area is 191 Å². The minimum absolute atomic E-state index is 0. The Morgan fingerprint density at radius 2 is 2.15 bits per heavy atom. The van der Waals surface area contributed by atoms with Crippen LogP contribution in [0.1, 0.15) is 24.0 Å². The van der Waals surface area contributed by atoms with Crippen LogP contribution in [-0.4, -0.2) is 43.7 Å². The second-order valence-corrected chi connectivity index (χ2v) is 8.25. The molecule has 1 atom stereocenters. The Bertz CT molecular complexity index is 734. The molecule has 1 unspecified atom stereocenters. The van der Waals surface area contributed by atoms with Crippen LogP contribution >= 0.6 is 51.2 Å². The number of nitrogens with zero attached hydrogens (tertiary/aromatic N) is 3. The summed E-state index contributed by atoms with van der Waals surface area (Å²) >= 11 is 5.24. The van der Waals surface area contributed by atoms with Crippen molar-refractivity contribution in [3.63, 3.8) is 0 Å². The fraction of sp³-hybridized carbons (Fsp3) is 0.474. The number of aliphatic imine (C=N–C) groups is 1. The zero-order valence-electron chi connectivity index (χ0n) is 15.7. The number of hydrogen-bond donors (Lipinski definition) is 2. The number of benzene rings is 1. The van der Waals surface area contributed by atoms with E-state index in [9.17, 15) is 0 Å². The van der Waals surface area contributed by atoms with Gasteiger partial charge in [0.15, 0.2) is 5.96 Å². The Morgan fingerprint density at radius 1 is 1.37 bits per heavy atom. The first-order valence-corrected chi connectivity index (χ1v) is 10.8. The second kappa shape index (κ2) is 11.2. The fourth-order valence-electron chi connectivity index (χ4n) is 3.09. The molecule has 5 nitrogen and oxygen atoms in total. The first-order chi connectivity index (χ1) is 12.7. The van der Waals surface area contributed by atoms with Gasteiger partial charge in [-0.2, -0.15) is 0 Å². The van der Waals surface area contributed by atoms with Crippen LogP contribution in [0.4, 0.5) is 5.69 Å². The van der Waals surface area contributed by atoms with Crippen molar-refractivity contribution in [1.29, 1.82) is 0 Å². The number of rotatable bonds is 6. The molecule has 0 radical (unpaired) electrons. The highest BCUT2D eigenvalue weighted by atomic mass is 127. The number of halogens is 2. The summed E-state index contributed by atoms with van der Waals surface area (Å²) in [4.78, 5) is 11.4. The summed E-state index contributed by atoms with van der Waals surface area (Å²) in [6.07, 6.45) is 3.05. The Balaban J connectivity index is 0.00000261. The summed E-state index contributed by atoms with van der Waals surface area (Å²) in [5, 5.41) is 10.3. The zero-order chi connectivity index (χ0) is 18.4. The van der Waals surface area contributed by atoms with Gasteiger partial charge in [-0.05, 0) is 37.1 Å². The first-order valence-electron chi connectivity index (χ1n) is 9.09. The van der Waals surface area contributed by atoms with Crippen LogP contribution in [0.5, 0.6) is 0 Å². The monoisotopic (exact) mass is 563 g/mol. The van der Waals surface area contributed by atoms with Crippen molar-refractivity contribution in [2.45, 2.75) is 32.2 Å². The molecule has 0 saturated carbocycles. The van der Waals surface area contributed by atoms with Crippen molar-refractivity contribution in [3.05, 3.63) is 44.8 Å². The van der Waals surface area contributed by atoms with Crippen LogP contribution < -0.4 is 15.5 Å². The molecule has 0 bridgehead atoms. The van der Waals surface area contributed by atoms with E-state index >= 15 is 0 Å². The van der Waals surface area contributed by atoms with Crippen molar-refractivity contribution in [2.75, 3.05) is 31.6 Å². The number of hydrogen-bond acceptors (Lipinski definition) is 4. The average molecular weight is 564 g/mol. The molecule has 1 aliphatic rings. The van der Waals surface area contributed by atoms with Crippen LogP contribution in [0.25, 0.3) is 0 Å². The molecule has 2 N–H and O–H groups in total. The maximum atomic E-state index is 4.61. The molecule has 2 aromatic rings. The third kappa shape index (κ3) is 6.60. The number of guanidine groups is 1. The molecule has 1 aliphatic heterocycles. The predicted molar refractivity (Wildman–Crippen MR) is 130 cm³/mol. The predicted octanol–water partition coefficient (Wildman–Crippen LogP) is 4.07. The van der Waals surface area contributed by atoms with Gasteiger partial charge in [-0.3, -0.25) is 4.99 Å². The lowest BCUT2D eigenvalue weighted by Crippen LogP contribution is -2.45. The van der Waals surface area contributed by atoms with E-state index in [1.165, 1.54) is 10.7 Å². The largest absolute Gasteiger partial charge is 0.369 e. The van der Waals surface area contributed by atoms with Gasteiger partial charge < -0.3 is 15.5 Å². The molecule has 0 aliphatic carbocycles. The summed E-state index contributed by atoms with van der Waals surface area (Å²) in [6, 6.07) is 8.93. The third-order valence-electron chi connectivity index (χ3n) is 4.52. The Morgan fingerprint density at radius 3 is 2.81 bits per heavy atom. The fourth-order valence-corrected chi connectivity index (χ4v) is 4.13. The lowest BCUT2D eigenvalue weighted by atomic mass is 10.2. The molecule has 2 heterocycles. The van der Waals surface area contributed by atoms with Crippen LogP contribution in [0.15, 0.2) is 39.1 Å². The maximum Gasteiger partial charge on any atom is 0.191 e. The van der Waals surface area contributed by atoms with E-state index in [0.29, 0.717) is 6.04 Å². The van der Waals surface area contributed by atoms with E-state index in [-0.39, 0.29) is 24.0 Å². The highest BCUT2D eigenvalue weighted by Crippen LogP contribution is 2.22. The van der Waals surface area contributed by atoms with E-state index in [0.717, 1.165) is 55.0 Å². The molecule has 1 aromatic heterocycles. The van der Waals surface area contributed by atoms with E-state index in [1.54, 1.807) is 11.3 Å². The van der Waals surface area contributed by atoms with Crippen molar-refractivity contribution in [3.8, 4) is 0 Å². The van der Waals surface area contributed by atoms with Gasteiger partial charge >= 0.3 is 0 Å². The third-order valence-corrected chi connectivity index (χ3v) is 6.09. The number of thiazole rings is 1. The molecular formula is C19H27BrIN5S. The van der Waals surface area contributed by atoms with Crippen molar-refractivity contribution < 1.29 is 0 Å². The molecule has 0 amide bonds. The van der Waals surface area contributed by atoms with E-state index in [1.807, 2.05) is 7.05 Å². The Hall–Kier alpha value is -0.870. The van der Waals surface area contributed by atoms with Gasteiger partial charge in [0.05, 0.1) is 10.7 Å². The molecule has 3 rings (SSSR count). The van der Waals surface area contributed by atoms with E-state index < -0.39 is 0 Å². The van der Waals surface area contributed by atoms with Crippen LogP contribution in [0.3, 0.4) is 0 Å². The highest BCUT2D eigenvalue weighted by molar-refractivity contribution is 14.0. The van der Waals surface area contributed by atoms with Crippen LogP contribution in [0.2, 0.25) is 0 Å². The minimum atomic E-state index is 0. The molecule has 1 fully saturated rings. The van der Waals surface area contributed by atoms with Gasteiger partial charge in [0.1, 0.15) is 0 Å². The van der Waals surface area contributed by atoms with Gasteiger partial charge in [0, 0.05) is 54.7 Å². The second-order valence-electron chi connectivity index (χ2n) is 6.39. The number of nitrogens with one attached hydrogen (secondary N) is 2. The normalized spacial score (nSPS) is 16.9. The van der Waals surface area contributed by atoms with E-state index in [2.05, 4.69) is 78.0 Å². The van der Waals surface area contributed by atoms with Crippen LogP contribution in [0, 0.1) is 0 Å². The molecular weight excluding hydrogens is 537 g/mol. The van der Waals surface area contributed by atoms with Gasteiger partial charge in [-0.15, -0.1) is 35.3 Å². The van der Waals surface area contributed by atoms with Crippen molar-refractivity contribution >= 4 is 62.9 Å². The zero-order valence-corrected chi connectivity index (χ0v) is 20.5. The van der Waals surface area contributed by atoms with Crippen molar-refractivity contribution in [1.82, 2.24) is 15.6 Å². The number of aryl methyl sites for hydroxylation is 1. The van der Waals surface area contributed by atoms with Gasteiger partial charge in [-0.25, -0.2) is 4.98 Å². The van der Waals surface area contributed by atoms with Crippen molar-refractivity contribution in [2.24, 2.45) is 4.99 Å². The molecule has 27 heavy (non-hydrogen) atoms. The molecule has 1 aromatic carbocycles. The average Bonchev–Trinajstić information content (AvgIpc) is 3.31.